The van der Waals surface area contributed by atoms with Crippen LogP contribution in [0.15, 0.2) is 24.5 Å². The van der Waals surface area contributed by atoms with Crippen molar-refractivity contribution in [2.24, 2.45) is 5.73 Å². The van der Waals surface area contributed by atoms with E-state index < -0.39 is 0 Å². The molecule has 1 saturated heterocycles. The van der Waals surface area contributed by atoms with E-state index in [1.54, 1.807) is 12.4 Å². The number of primary amides is 1. The Bertz CT molecular complexity index is 381. The van der Waals surface area contributed by atoms with E-state index in [-0.39, 0.29) is 18.0 Å². The lowest BCUT2D eigenvalue weighted by atomic mass is 10.0. The molecule has 0 aliphatic carbocycles. The number of piperazine rings is 1. The summed E-state index contributed by atoms with van der Waals surface area (Å²) >= 11 is 0. The molecule has 1 aliphatic rings. The van der Waals surface area contributed by atoms with Gasteiger partial charge in [0.15, 0.2) is 0 Å². The molecule has 17 heavy (non-hydrogen) atoms. The average Bonchev–Trinajstić information content (AvgIpc) is 2.39. The van der Waals surface area contributed by atoms with Crippen LogP contribution in [-0.4, -0.2) is 41.5 Å². The van der Waals surface area contributed by atoms with Crippen molar-refractivity contribution < 1.29 is 4.79 Å². The van der Waals surface area contributed by atoms with Gasteiger partial charge < -0.3 is 11.1 Å². The molecule has 0 aromatic carbocycles. The van der Waals surface area contributed by atoms with Crippen molar-refractivity contribution in [2.75, 3.05) is 19.6 Å². The van der Waals surface area contributed by atoms with Crippen molar-refractivity contribution in [1.29, 1.82) is 0 Å². The highest BCUT2D eigenvalue weighted by Crippen LogP contribution is 2.22. The third kappa shape index (κ3) is 2.62. The molecule has 2 unspecified atom stereocenters. The molecule has 0 spiro atoms. The summed E-state index contributed by atoms with van der Waals surface area (Å²) in [6.07, 6.45) is 3.54. The van der Waals surface area contributed by atoms with E-state index >= 15 is 0 Å². The molecule has 3 N–H and O–H groups in total. The first-order valence-electron chi connectivity index (χ1n) is 5.86. The zero-order valence-electron chi connectivity index (χ0n) is 9.97. The Kier molecular flexibility index (Phi) is 3.71. The van der Waals surface area contributed by atoms with Gasteiger partial charge in [0.25, 0.3) is 0 Å². The summed E-state index contributed by atoms with van der Waals surface area (Å²) in [7, 11) is 0. The van der Waals surface area contributed by atoms with Crippen molar-refractivity contribution >= 4 is 5.91 Å². The molecule has 92 valence electrons. The van der Waals surface area contributed by atoms with Crippen molar-refractivity contribution in [2.45, 2.75) is 19.0 Å². The van der Waals surface area contributed by atoms with Crippen molar-refractivity contribution in [1.82, 2.24) is 15.2 Å². The second-order valence-electron chi connectivity index (χ2n) is 4.32. The zero-order valence-corrected chi connectivity index (χ0v) is 9.97. The van der Waals surface area contributed by atoms with E-state index in [1.165, 1.54) is 0 Å². The molecule has 0 radical (unpaired) electrons. The number of aromatic nitrogens is 1. The molecule has 2 atom stereocenters. The van der Waals surface area contributed by atoms with E-state index in [4.69, 9.17) is 5.73 Å². The topological polar surface area (TPSA) is 71.2 Å². The quantitative estimate of drug-likeness (QED) is 0.766. The van der Waals surface area contributed by atoms with Crippen molar-refractivity contribution in [3.05, 3.63) is 30.1 Å². The van der Waals surface area contributed by atoms with E-state index in [2.05, 4.69) is 22.1 Å². The van der Waals surface area contributed by atoms with Crippen LogP contribution in [0.4, 0.5) is 0 Å². The van der Waals surface area contributed by atoms with Crippen LogP contribution >= 0.6 is 0 Å². The summed E-state index contributed by atoms with van der Waals surface area (Å²) in [6, 6.07) is 3.90. The highest BCUT2D eigenvalue weighted by atomic mass is 16.1. The third-order valence-corrected chi connectivity index (χ3v) is 3.30. The van der Waals surface area contributed by atoms with Gasteiger partial charge in [-0.25, -0.2) is 0 Å². The fraction of sp³-hybridized carbons (Fsp3) is 0.500. The molecule has 1 aromatic rings. The van der Waals surface area contributed by atoms with Crippen LogP contribution in [0.3, 0.4) is 0 Å². The van der Waals surface area contributed by atoms with Crippen molar-refractivity contribution in [3.8, 4) is 0 Å². The van der Waals surface area contributed by atoms with E-state index in [0.29, 0.717) is 6.54 Å². The Morgan fingerprint density at radius 1 is 1.59 bits per heavy atom. The lowest BCUT2D eigenvalue weighted by Gasteiger charge is -2.38. The molecule has 5 heteroatoms. The summed E-state index contributed by atoms with van der Waals surface area (Å²) < 4.78 is 0. The largest absolute Gasteiger partial charge is 0.368 e. The number of rotatable bonds is 3. The van der Waals surface area contributed by atoms with Gasteiger partial charge in [-0.05, 0) is 24.6 Å². The Balaban J connectivity index is 2.16. The number of carbonyl (C=O) groups is 1. The number of nitrogens with one attached hydrogen (secondary N) is 1. The van der Waals surface area contributed by atoms with Gasteiger partial charge >= 0.3 is 0 Å². The van der Waals surface area contributed by atoms with E-state index in [0.717, 1.165) is 18.7 Å². The number of nitrogens with zero attached hydrogens (tertiary/aromatic N) is 2. The molecule has 0 bridgehead atoms. The lowest BCUT2D eigenvalue weighted by molar-refractivity contribution is -0.124. The first-order chi connectivity index (χ1) is 8.20. The molecule has 1 amide bonds. The van der Waals surface area contributed by atoms with Crippen molar-refractivity contribution in [3.63, 3.8) is 0 Å². The fourth-order valence-corrected chi connectivity index (χ4v) is 2.28. The smallest absolute Gasteiger partial charge is 0.236 e. The van der Waals surface area contributed by atoms with Crippen LogP contribution in [0.2, 0.25) is 0 Å². The first-order valence-corrected chi connectivity index (χ1v) is 5.86. The maximum absolute atomic E-state index is 11.4. The number of pyridine rings is 1. The Hall–Kier alpha value is -1.46. The molecule has 1 fully saturated rings. The van der Waals surface area contributed by atoms with Crippen LogP contribution in [0.1, 0.15) is 18.5 Å². The summed E-state index contributed by atoms with van der Waals surface area (Å²) in [5.74, 6) is -0.266. The second-order valence-corrected chi connectivity index (χ2v) is 4.32. The monoisotopic (exact) mass is 234 g/mol. The fourth-order valence-electron chi connectivity index (χ4n) is 2.28. The number of amides is 1. The van der Waals surface area contributed by atoms with E-state index in [1.807, 2.05) is 12.1 Å². The van der Waals surface area contributed by atoms with Crippen LogP contribution in [-0.2, 0) is 4.79 Å². The molecule has 0 saturated carbocycles. The van der Waals surface area contributed by atoms with Gasteiger partial charge in [-0.2, -0.15) is 0 Å². The molecule has 2 heterocycles. The van der Waals surface area contributed by atoms with Gasteiger partial charge in [-0.3, -0.25) is 14.7 Å². The zero-order chi connectivity index (χ0) is 12.3. The van der Waals surface area contributed by atoms with Crippen LogP contribution in [0, 0.1) is 0 Å². The highest BCUT2D eigenvalue weighted by molar-refractivity contribution is 5.80. The van der Waals surface area contributed by atoms with E-state index in [9.17, 15) is 4.79 Å². The maximum atomic E-state index is 11.4. The van der Waals surface area contributed by atoms with Gasteiger partial charge in [0.2, 0.25) is 5.91 Å². The maximum Gasteiger partial charge on any atom is 0.236 e. The summed E-state index contributed by atoms with van der Waals surface area (Å²) in [6.45, 7) is 4.44. The Labute approximate surface area is 101 Å². The standard InChI is InChI=1S/C12H18N4O/c1-9(10-2-4-14-5-3-10)16-7-6-15-8-11(16)12(13)17/h2-5,9,11,15H,6-8H2,1H3,(H2,13,17). The molecule has 2 rings (SSSR count). The number of carbonyl (C=O) groups excluding carboxylic acids is 1. The predicted molar refractivity (Wildman–Crippen MR) is 65.2 cm³/mol. The number of hydrogen-bond acceptors (Lipinski definition) is 4. The summed E-state index contributed by atoms with van der Waals surface area (Å²) in [5, 5.41) is 3.20. The highest BCUT2D eigenvalue weighted by Gasteiger charge is 2.30. The minimum Gasteiger partial charge on any atom is -0.368 e. The normalized spacial score (nSPS) is 23.2. The number of hydrogen-bond donors (Lipinski definition) is 2. The lowest BCUT2D eigenvalue weighted by Crippen LogP contribution is -2.57. The summed E-state index contributed by atoms with van der Waals surface area (Å²) in [4.78, 5) is 17.6. The van der Waals surface area contributed by atoms with Gasteiger partial charge in [-0.1, -0.05) is 0 Å². The Morgan fingerprint density at radius 2 is 2.29 bits per heavy atom. The van der Waals surface area contributed by atoms with Gasteiger partial charge in [0, 0.05) is 38.1 Å². The van der Waals surface area contributed by atoms with Crippen LogP contribution in [0.25, 0.3) is 0 Å². The molecule has 5 nitrogen and oxygen atoms in total. The molecular weight excluding hydrogens is 216 g/mol. The second kappa shape index (κ2) is 5.25. The predicted octanol–water partition coefficient (Wildman–Crippen LogP) is -0.0983. The minimum absolute atomic E-state index is 0.178. The third-order valence-electron chi connectivity index (χ3n) is 3.30. The SMILES string of the molecule is CC(c1ccncc1)N1CCNCC1C(N)=O. The molecule has 1 aromatic heterocycles. The number of nitrogens with two attached hydrogens (primary N) is 1. The van der Waals surface area contributed by atoms with Crippen LogP contribution < -0.4 is 11.1 Å². The minimum atomic E-state index is -0.266. The van der Waals surface area contributed by atoms with Gasteiger partial charge in [0.1, 0.15) is 6.04 Å². The summed E-state index contributed by atoms with van der Waals surface area (Å²) in [5.41, 5.74) is 6.60. The van der Waals surface area contributed by atoms with Crippen LogP contribution in [0.5, 0.6) is 0 Å². The van der Waals surface area contributed by atoms with Gasteiger partial charge in [0.05, 0.1) is 0 Å². The first kappa shape index (κ1) is 12.0. The molecule has 1 aliphatic heterocycles. The van der Waals surface area contributed by atoms with Gasteiger partial charge in [-0.15, -0.1) is 0 Å². The molecular formula is C12H18N4O. The Morgan fingerprint density at radius 3 is 2.94 bits per heavy atom. The average molecular weight is 234 g/mol.